The van der Waals surface area contributed by atoms with Gasteiger partial charge in [0.05, 0.1) is 25.4 Å². The van der Waals surface area contributed by atoms with E-state index in [4.69, 9.17) is 9.47 Å². The number of rotatable bonds is 2. The quantitative estimate of drug-likeness (QED) is 0.622. The Morgan fingerprint density at radius 2 is 1.17 bits per heavy atom. The average molecular weight is 314 g/mol. The van der Waals surface area contributed by atoms with E-state index in [0.717, 1.165) is 24.0 Å². The zero-order valence-corrected chi connectivity index (χ0v) is 13.7. The molecule has 2 aliphatic rings. The van der Waals surface area contributed by atoms with Crippen LogP contribution in [0.25, 0.3) is 0 Å². The van der Waals surface area contributed by atoms with E-state index in [-0.39, 0.29) is 0 Å². The summed E-state index contributed by atoms with van der Waals surface area (Å²) in [6, 6.07) is 4.46. The number of ether oxygens (including phenoxy) is 2. The van der Waals surface area contributed by atoms with Crippen molar-refractivity contribution in [1.29, 1.82) is 0 Å². The van der Waals surface area contributed by atoms with Crippen LogP contribution in [0.1, 0.15) is 41.5 Å². The molecule has 0 unspecified atom stereocenters. The molecule has 0 N–H and O–H groups in total. The molecule has 23 heavy (non-hydrogen) atoms. The molecule has 0 saturated heterocycles. The van der Waals surface area contributed by atoms with Crippen molar-refractivity contribution in [3.8, 4) is 0 Å². The molecule has 0 aliphatic heterocycles. The highest BCUT2D eigenvalue weighted by Crippen LogP contribution is 2.32. The van der Waals surface area contributed by atoms with E-state index in [9.17, 15) is 9.59 Å². The first-order chi connectivity index (χ1) is 11.1. The molecule has 4 nitrogen and oxygen atoms in total. The van der Waals surface area contributed by atoms with E-state index < -0.39 is 11.9 Å². The molecule has 1 aromatic carbocycles. The minimum Gasteiger partial charge on any atom is -0.466 e. The number of carbonyl (C=O) groups excluding carboxylic acids is 2. The molecular weight excluding hydrogens is 292 g/mol. The van der Waals surface area contributed by atoms with Crippen LogP contribution >= 0.6 is 0 Å². The maximum atomic E-state index is 12.1. The fourth-order valence-corrected chi connectivity index (χ4v) is 3.63. The maximum Gasteiger partial charge on any atom is 0.334 e. The third-order valence-electron chi connectivity index (χ3n) is 4.88. The second-order valence-electron chi connectivity index (χ2n) is 6.24. The summed E-state index contributed by atoms with van der Waals surface area (Å²) in [5.41, 5.74) is 5.93. The van der Waals surface area contributed by atoms with Crippen molar-refractivity contribution in [2.24, 2.45) is 0 Å². The van der Waals surface area contributed by atoms with Crippen LogP contribution in [0.4, 0.5) is 0 Å². The molecule has 0 amide bonds. The van der Waals surface area contributed by atoms with E-state index in [1.54, 1.807) is 0 Å². The van der Waals surface area contributed by atoms with E-state index >= 15 is 0 Å². The Labute approximate surface area is 136 Å². The van der Waals surface area contributed by atoms with Gasteiger partial charge in [0.1, 0.15) is 0 Å². The van der Waals surface area contributed by atoms with Crippen LogP contribution in [0.2, 0.25) is 0 Å². The summed E-state index contributed by atoms with van der Waals surface area (Å²) >= 11 is 0. The molecular formula is C19H22O4. The zero-order valence-electron chi connectivity index (χ0n) is 13.7. The molecule has 0 atom stereocenters. The monoisotopic (exact) mass is 314 g/mol. The normalized spacial score (nSPS) is 17.0. The van der Waals surface area contributed by atoms with Crippen LogP contribution in [0.15, 0.2) is 23.3 Å². The van der Waals surface area contributed by atoms with Crippen molar-refractivity contribution >= 4 is 11.9 Å². The van der Waals surface area contributed by atoms with Crippen molar-refractivity contribution in [2.45, 2.75) is 44.9 Å². The summed E-state index contributed by atoms with van der Waals surface area (Å²) in [6.45, 7) is 0. The molecule has 0 heterocycles. The molecule has 4 heteroatoms. The summed E-state index contributed by atoms with van der Waals surface area (Å²) < 4.78 is 9.72. The minimum atomic E-state index is -0.439. The predicted octanol–water partition coefficient (Wildman–Crippen LogP) is 2.70. The Balaban J connectivity index is 2.02. The van der Waals surface area contributed by atoms with Crippen molar-refractivity contribution in [3.63, 3.8) is 0 Å². The average Bonchev–Trinajstić information content (AvgIpc) is 2.81. The lowest BCUT2D eigenvalue weighted by molar-refractivity contribution is -0.139. The molecule has 2 aliphatic carbocycles. The lowest BCUT2D eigenvalue weighted by Crippen LogP contribution is -2.22. The molecule has 3 rings (SSSR count). The van der Waals surface area contributed by atoms with Gasteiger partial charge in [-0.1, -0.05) is 18.6 Å². The summed E-state index contributed by atoms with van der Waals surface area (Å²) in [5.74, 6) is -0.878. The van der Waals surface area contributed by atoms with Gasteiger partial charge in [-0.2, -0.15) is 0 Å². The van der Waals surface area contributed by atoms with Gasteiger partial charge in [-0.15, -0.1) is 0 Å². The number of methoxy groups -OCH3 is 2. The number of benzene rings is 1. The molecule has 1 aromatic rings. The third-order valence-corrected chi connectivity index (χ3v) is 4.88. The lowest BCUT2D eigenvalue weighted by Gasteiger charge is -2.22. The number of aryl methyl sites for hydroxylation is 2. The highest BCUT2D eigenvalue weighted by Gasteiger charge is 2.29. The topological polar surface area (TPSA) is 52.6 Å². The van der Waals surface area contributed by atoms with Crippen molar-refractivity contribution < 1.29 is 19.1 Å². The van der Waals surface area contributed by atoms with E-state index in [1.165, 1.54) is 44.6 Å². The summed E-state index contributed by atoms with van der Waals surface area (Å²) in [5, 5.41) is 0. The van der Waals surface area contributed by atoms with Crippen molar-refractivity contribution in [1.82, 2.24) is 0 Å². The van der Waals surface area contributed by atoms with Crippen LogP contribution in [-0.4, -0.2) is 26.2 Å². The van der Waals surface area contributed by atoms with Gasteiger partial charge < -0.3 is 9.47 Å². The predicted molar refractivity (Wildman–Crippen MR) is 86.2 cm³/mol. The van der Waals surface area contributed by atoms with Gasteiger partial charge in [0.15, 0.2) is 0 Å². The van der Waals surface area contributed by atoms with Crippen LogP contribution in [-0.2, 0) is 44.7 Å². The first-order valence-corrected chi connectivity index (χ1v) is 8.16. The van der Waals surface area contributed by atoms with Crippen molar-refractivity contribution in [2.75, 3.05) is 14.2 Å². The van der Waals surface area contributed by atoms with Crippen molar-refractivity contribution in [3.05, 3.63) is 45.5 Å². The maximum absolute atomic E-state index is 12.1. The molecule has 0 saturated carbocycles. The summed E-state index contributed by atoms with van der Waals surface area (Å²) in [7, 11) is 2.69. The molecule has 0 fully saturated rings. The van der Waals surface area contributed by atoms with Crippen LogP contribution in [0.5, 0.6) is 0 Å². The second-order valence-corrected chi connectivity index (χ2v) is 6.24. The van der Waals surface area contributed by atoms with E-state index in [1.807, 2.05) is 0 Å². The number of hydrogen-bond acceptors (Lipinski definition) is 4. The number of carbonyl (C=O) groups is 2. The first-order valence-electron chi connectivity index (χ1n) is 8.16. The van der Waals surface area contributed by atoms with E-state index in [0.29, 0.717) is 24.0 Å². The second kappa shape index (κ2) is 6.57. The van der Waals surface area contributed by atoms with E-state index in [2.05, 4.69) is 12.1 Å². The van der Waals surface area contributed by atoms with Gasteiger partial charge in [0.2, 0.25) is 0 Å². The fraction of sp³-hybridized carbons (Fsp3) is 0.474. The standard InChI is InChI=1S/C19H22O4/c1-22-18(20)16-10-14-8-12-6-4-3-5-7-13(12)9-15(14)11-17(16)19(21)23-2/h8-9H,3-7,10-11H2,1-2H3. The highest BCUT2D eigenvalue weighted by molar-refractivity contribution is 6.01. The van der Waals surface area contributed by atoms with Crippen LogP contribution < -0.4 is 0 Å². The number of hydrogen-bond donors (Lipinski definition) is 0. The Morgan fingerprint density at radius 3 is 1.57 bits per heavy atom. The largest absolute Gasteiger partial charge is 0.466 e. The SMILES string of the molecule is COC(=O)C1=C(C(=O)OC)Cc2cc3c(cc2C1)CCCCC3. The van der Waals surface area contributed by atoms with Crippen LogP contribution in [0.3, 0.4) is 0 Å². The number of fused-ring (bicyclic) bond motifs is 2. The Morgan fingerprint density at radius 1 is 0.739 bits per heavy atom. The van der Waals surface area contributed by atoms with Gasteiger partial charge in [0, 0.05) is 12.8 Å². The minimum absolute atomic E-state index is 0.431. The Hall–Kier alpha value is -2.10. The Bertz CT molecular complexity index is 628. The highest BCUT2D eigenvalue weighted by atomic mass is 16.5. The summed E-state index contributed by atoms with van der Waals surface area (Å²) in [4.78, 5) is 24.1. The Kier molecular flexibility index (Phi) is 4.51. The lowest BCUT2D eigenvalue weighted by atomic mass is 9.83. The van der Waals surface area contributed by atoms with Gasteiger partial charge in [0.25, 0.3) is 0 Å². The van der Waals surface area contributed by atoms with Crippen LogP contribution in [0, 0.1) is 0 Å². The van der Waals surface area contributed by atoms with Gasteiger partial charge >= 0.3 is 11.9 Å². The molecule has 0 bridgehead atoms. The molecule has 122 valence electrons. The first kappa shape index (κ1) is 15.8. The van der Waals surface area contributed by atoms with Gasteiger partial charge in [-0.05, 0) is 47.9 Å². The van der Waals surface area contributed by atoms with Gasteiger partial charge in [-0.3, -0.25) is 0 Å². The summed E-state index contributed by atoms with van der Waals surface area (Å²) in [6.07, 6.45) is 6.79. The number of esters is 2. The molecule has 0 radical (unpaired) electrons. The third kappa shape index (κ3) is 3.03. The van der Waals surface area contributed by atoms with Gasteiger partial charge in [-0.25, -0.2) is 9.59 Å². The molecule has 0 spiro atoms. The molecule has 0 aromatic heterocycles. The smallest absolute Gasteiger partial charge is 0.334 e. The zero-order chi connectivity index (χ0) is 16.4. The fourth-order valence-electron chi connectivity index (χ4n) is 3.63.